The summed E-state index contributed by atoms with van der Waals surface area (Å²) in [5.41, 5.74) is 0.366. The molecule has 4 aromatic rings. The van der Waals surface area contributed by atoms with E-state index in [0.717, 1.165) is 41.6 Å². The van der Waals surface area contributed by atoms with Crippen molar-refractivity contribution in [2.24, 2.45) is 0 Å². The fraction of sp³-hybridized carbons (Fsp3) is 0.226. The highest BCUT2D eigenvalue weighted by molar-refractivity contribution is 7.95. The van der Waals surface area contributed by atoms with Crippen molar-refractivity contribution in [1.29, 1.82) is 0 Å². The van der Waals surface area contributed by atoms with Crippen LogP contribution in [-0.2, 0) is 6.16 Å². The monoisotopic (exact) mass is 524 g/mol. The Balaban J connectivity index is 0.00000361. The first-order valence-corrected chi connectivity index (χ1v) is 14.3. The van der Waals surface area contributed by atoms with E-state index < -0.39 is 18.9 Å². The summed E-state index contributed by atoms with van der Waals surface area (Å²) in [5.74, 6) is -1.72. The second-order valence-electron chi connectivity index (χ2n) is 8.73. The minimum absolute atomic E-state index is 0. The van der Waals surface area contributed by atoms with Crippen molar-refractivity contribution >= 4 is 23.2 Å². The van der Waals surface area contributed by atoms with Crippen LogP contribution in [0.4, 0.5) is 8.78 Å². The average molecular weight is 525 g/mol. The first-order chi connectivity index (χ1) is 17.2. The van der Waals surface area contributed by atoms with E-state index in [0.29, 0.717) is 18.3 Å². The highest BCUT2D eigenvalue weighted by Crippen LogP contribution is 2.58. The standard InChI is InChI=1S/C31H32F2OP.ClH/c1-2-3-4-14-23-34-29-22-21-25(30(32)31(29)33)24-35(26-15-8-5-9-16-26,27-17-10-6-11-18-27)28-19-12-7-13-20-28;/h5-13,15-22H,2-4,14,23-24H2,1H3;1H/q+1;/p-1. The molecule has 36 heavy (non-hydrogen) atoms. The van der Waals surface area contributed by atoms with Crippen LogP contribution in [0.15, 0.2) is 103 Å². The third kappa shape index (κ3) is 6.14. The molecule has 0 spiro atoms. The van der Waals surface area contributed by atoms with Crippen molar-refractivity contribution in [2.75, 3.05) is 6.61 Å². The molecular weight excluding hydrogens is 493 g/mol. The Labute approximate surface area is 220 Å². The van der Waals surface area contributed by atoms with Crippen LogP contribution in [0, 0.1) is 11.6 Å². The molecule has 4 rings (SSSR count). The molecular formula is C31H32ClF2OP. The maximum Gasteiger partial charge on any atom is 0.201 e. The Morgan fingerprint density at radius 2 is 1.11 bits per heavy atom. The molecule has 0 aliphatic carbocycles. The summed E-state index contributed by atoms with van der Waals surface area (Å²) in [7, 11) is -2.32. The van der Waals surface area contributed by atoms with Crippen molar-refractivity contribution in [3.8, 4) is 5.75 Å². The summed E-state index contributed by atoms with van der Waals surface area (Å²) < 4.78 is 36.3. The molecule has 0 bridgehead atoms. The Hall–Kier alpha value is -2.74. The predicted molar refractivity (Wildman–Crippen MR) is 145 cm³/mol. The zero-order valence-electron chi connectivity index (χ0n) is 20.5. The van der Waals surface area contributed by atoms with Crippen LogP contribution in [0.2, 0.25) is 0 Å². The molecule has 0 aliphatic heterocycles. The maximum absolute atomic E-state index is 15.5. The molecule has 188 valence electrons. The number of hydrogen-bond donors (Lipinski definition) is 0. The number of rotatable bonds is 11. The lowest BCUT2D eigenvalue weighted by atomic mass is 10.2. The topological polar surface area (TPSA) is 9.23 Å². The van der Waals surface area contributed by atoms with Gasteiger partial charge in [-0.1, -0.05) is 80.8 Å². The molecule has 0 fully saturated rings. The average Bonchev–Trinajstić information content (AvgIpc) is 2.92. The summed E-state index contributed by atoms with van der Waals surface area (Å²) >= 11 is 0. The van der Waals surface area contributed by atoms with Crippen LogP contribution >= 0.6 is 7.26 Å². The van der Waals surface area contributed by atoms with E-state index in [1.807, 2.05) is 54.6 Å². The van der Waals surface area contributed by atoms with Gasteiger partial charge in [-0.05, 0) is 55.0 Å². The third-order valence-corrected chi connectivity index (χ3v) is 10.7. The minimum Gasteiger partial charge on any atom is -1.00 e. The van der Waals surface area contributed by atoms with Gasteiger partial charge in [-0.25, -0.2) is 4.39 Å². The summed E-state index contributed by atoms with van der Waals surface area (Å²) in [6.45, 7) is 2.53. The van der Waals surface area contributed by atoms with E-state index in [4.69, 9.17) is 4.74 Å². The predicted octanol–water partition coefficient (Wildman–Crippen LogP) is 4.42. The van der Waals surface area contributed by atoms with Crippen molar-refractivity contribution in [3.05, 3.63) is 120 Å². The molecule has 1 nitrogen and oxygen atoms in total. The number of hydrogen-bond acceptors (Lipinski definition) is 1. The van der Waals surface area contributed by atoms with Crippen LogP contribution in [0.1, 0.15) is 38.2 Å². The second kappa shape index (κ2) is 13.5. The Kier molecular flexibility index (Phi) is 10.5. The van der Waals surface area contributed by atoms with Gasteiger partial charge < -0.3 is 17.1 Å². The van der Waals surface area contributed by atoms with E-state index >= 15 is 8.78 Å². The summed E-state index contributed by atoms with van der Waals surface area (Å²) in [6, 6.07) is 34.0. The quantitative estimate of drug-likeness (QED) is 0.208. The van der Waals surface area contributed by atoms with Crippen molar-refractivity contribution < 1.29 is 25.9 Å². The second-order valence-corrected chi connectivity index (χ2v) is 12.2. The fourth-order valence-corrected chi connectivity index (χ4v) is 8.78. The molecule has 0 aromatic heterocycles. The van der Waals surface area contributed by atoms with E-state index in [1.54, 1.807) is 12.1 Å². The normalized spacial score (nSPS) is 11.1. The van der Waals surface area contributed by atoms with Crippen LogP contribution in [0.5, 0.6) is 5.75 Å². The molecule has 5 heteroatoms. The van der Waals surface area contributed by atoms with Gasteiger partial charge in [0.2, 0.25) is 5.82 Å². The lowest BCUT2D eigenvalue weighted by molar-refractivity contribution is -0.00000838. The highest BCUT2D eigenvalue weighted by Gasteiger charge is 2.46. The number of ether oxygens (including phenoxy) is 1. The highest BCUT2D eigenvalue weighted by atomic mass is 35.5. The van der Waals surface area contributed by atoms with Crippen LogP contribution < -0.4 is 33.1 Å². The van der Waals surface area contributed by atoms with Gasteiger partial charge in [0.15, 0.2) is 11.6 Å². The fourth-order valence-electron chi connectivity index (χ4n) is 4.54. The first kappa shape index (κ1) is 27.8. The lowest BCUT2D eigenvalue weighted by Crippen LogP contribution is -3.00. The number of halogens is 3. The van der Waals surface area contributed by atoms with E-state index in [9.17, 15) is 0 Å². The largest absolute Gasteiger partial charge is 1.00 e. The maximum atomic E-state index is 15.5. The number of benzene rings is 4. The Bertz CT molecular complexity index is 1110. The smallest absolute Gasteiger partial charge is 0.201 e. The summed E-state index contributed by atoms with van der Waals surface area (Å²) in [4.78, 5) is 0. The Morgan fingerprint density at radius 1 is 0.611 bits per heavy atom. The third-order valence-electron chi connectivity index (χ3n) is 6.38. The summed E-state index contributed by atoms with van der Waals surface area (Å²) in [5, 5.41) is 3.40. The molecule has 0 aliphatic rings. The van der Waals surface area contributed by atoms with E-state index in [2.05, 4.69) is 43.3 Å². The lowest BCUT2D eigenvalue weighted by Gasteiger charge is -2.28. The molecule has 0 saturated heterocycles. The van der Waals surface area contributed by atoms with Gasteiger partial charge in [0.25, 0.3) is 0 Å². The van der Waals surface area contributed by atoms with E-state index in [-0.39, 0.29) is 18.2 Å². The molecule has 0 heterocycles. The van der Waals surface area contributed by atoms with Crippen LogP contribution in [0.25, 0.3) is 0 Å². The van der Waals surface area contributed by atoms with Gasteiger partial charge in [0.05, 0.1) is 6.61 Å². The minimum atomic E-state index is -2.32. The van der Waals surface area contributed by atoms with Crippen LogP contribution in [-0.4, -0.2) is 6.61 Å². The zero-order chi connectivity index (χ0) is 24.5. The van der Waals surface area contributed by atoms with Crippen LogP contribution in [0.3, 0.4) is 0 Å². The van der Waals surface area contributed by atoms with Gasteiger partial charge in [-0.3, -0.25) is 0 Å². The van der Waals surface area contributed by atoms with Gasteiger partial charge in [0.1, 0.15) is 29.3 Å². The van der Waals surface area contributed by atoms with Crippen molar-refractivity contribution in [2.45, 2.75) is 38.8 Å². The SMILES string of the molecule is CCCCCCOc1ccc(C[P+](c2ccccc2)(c2ccccc2)c2ccccc2)c(F)c1F.[Cl-]. The van der Waals surface area contributed by atoms with Gasteiger partial charge >= 0.3 is 0 Å². The van der Waals surface area contributed by atoms with Crippen molar-refractivity contribution in [1.82, 2.24) is 0 Å². The van der Waals surface area contributed by atoms with Crippen molar-refractivity contribution in [3.63, 3.8) is 0 Å². The molecule has 0 amide bonds. The molecule has 0 N–H and O–H groups in total. The summed E-state index contributed by atoms with van der Waals surface area (Å²) in [6.07, 6.45) is 4.47. The molecule has 0 saturated carbocycles. The number of unbranched alkanes of at least 4 members (excludes halogenated alkanes) is 3. The molecule has 0 atom stereocenters. The van der Waals surface area contributed by atoms with E-state index in [1.165, 1.54) is 0 Å². The Morgan fingerprint density at radius 3 is 1.58 bits per heavy atom. The molecule has 0 radical (unpaired) electrons. The van der Waals surface area contributed by atoms with Gasteiger partial charge in [-0.15, -0.1) is 0 Å². The van der Waals surface area contributed by atoms with Gasteiger partial charge in [-0.2, -0.15) is 4.39 Å². The zero-order valence-corrected chi connectivity index (χ0v) is 22.2. The molecule has 4 aromatic carbocycles. The molecule has 0 unspecified atom stereocenters. The first-order valence-electron chi connectivity index (χ1n) is 12.3. The van der Waals surface area contributed by atoms with Gasteiger partial charge in [0, 0.05) is 5.56 Å².